The molecule has 0 aromatic heterocycles. The average molecular weight is 228 g/mol. The quantitative estimate of drug-likeness (QED) is 0.497. The fourth-order valence-electron chi connectivity index (χ4n) is 1.15. The predicted molar refractivity (Wildman–Crippen MR) is 65.4 cm³/mol. The van der Waals surface area contributed by atoms with Gasteiger partial charge in [0, 0.05) is 6.42 Å². The van der Waals surface area contributed by atoms with Crippen molar-refractivity contribution in [3.63, 3.8) is 0 Å². The molecule has 0 heterocycles. The van der Waals surface area contributed by atoms with Gasteiger partial charge in [0.05, 0.1) is 6.42 Å². The van der Waals surface area contributed by atoms with E-state index in [4.69, 9.17) is 0 Å². The number of hydrogen-bond donors (Lipinski definition) is 0. The molecule has 0 spiro atoms. The van der Waals surface area contributed by atoms with Crippen LogP contribution in [0.1, 0.15) is 66.2 Å². The van der Waals surface area contributed by atoms with Crippen molar-refractivity contribution in [3.8, 4) is 0 Å². The van der Waals surface area contributed by atoms with Crippen LogP contribution in [0.5, 0.6) is 0 Å². The highest BCUT2D eigenvalue weighted by Gasteiger charge is 1.94. The lowest BCUT2D eigenvalue weighted by Gasteiger charge is -1.93. The summed E-state index contributed by atoms with van der Waals surface area (Å²) in [7, 11) is 0. The van der Waals surface area contributed by atoms with E-state index in [1.165, 1.54) is 33.1 Å². The first-order valence-electron chi connectivity index (χ1n) is 5.88. The fraction of sp³-hybridized carbons (Fsp3) is 0.769. The molecule has 0 atom stereocenters. The lowest BCUT2D eigenvalue weighted by molar-refractivity contribution is -0.124. The predicted octanol–water partition coefficient (Wildman–Crippen LogP) is 3.10. The number of Topliss-reactive ketones (excluding diaryl/α,β-unsaturated/α-hetero) is 3. The molecule has 0 N–H and O–H groups in total. The molecule has 0 aromatic carbocycles. The van der Waals surface area contributed by atoms with Gasteiger partial charge in [-0.25, -0.2) is 0 Å². The Balaban J connectivity index is 0. The molecule has 0 radical (unpaired) electrons. The molecule has 0 saturated heterocycles. The summed E-state index contributed by atoms with van der Waals surface area (Å²) in [5.41, 5.74) is 0. The Bertz CT molecular complexity index is 207. The minimum Gasteiger partial charge on any atom is -0.300 e. The summed E-state index contributed by atoms with van der Waals surface area (Å²) in [6, 6.07) is 0. The van der Waals surface area contributed by atoms with Gasteiger partial charge in [-0.15, -0.1) is 0 Å². The molecule has 16 heavy (non-hydrogen) atoms. The molecular formula is C13H24O3. The summed E-state index contributed by atoms with van der Waals surface area (Å²) >= 11 is 0. The van der Waals surface area contributed by atoms with E-state index in [2.05, 4.69) is 6.92 Å². The molecule has 3 heteroatoms. The average Bonchev–Trinajstić information content (AvgIpc) is 2.11. The molecule has 0 aliphatic carbocycles. The van der Waals surface area contributed by atoms with E-state index in [1.54, 1.807) is 6.92 Å². The number of carbonyl (C=O) groups is 3. The number of rotatable bonds is 7. The highest BCUT2D eigenvalue weighted by Crippen LogP contribution is 2.01. The maximum atomic E-state index is 10.4. The molecule has 0 fully saturated rings. The van der Waals surface area contributed by atoms with Crippen LogP contribution in [-0.4, -0.2) is 17.3 Å². The van der Waals surface area contributed by atoms with Crippen molar-refractivity contribution in [3.05, 3.63) is 0 Å². The lowest BCUT2D eigenvalue weighted by atomic mass is 10.1. The van der Waals surface area contributed by atoms with Crippen molar-refractivity contribution in [2.24, 2.45) is 0 Å². The largest absolute Gasteiger partial charge is 0.300 e. The zero-order valence-electron chi connectivity index (χ0n) is 11.0. The Hall–Kier alpha value is -0.990. The molecule has 0 aliphatic rings. The van der Waals surface area contributed by atoms with E-state index in [-0.39, 0.29) is 18.0 Å². The van der Waals surface area contributed by atoms with Crippen LogP contribution >= 0.6 is 0 Å². The summed E-state index contributed by atoms with van der Waals surface area (Å²) in [5, 5.41) is 0. The highest BCUT2D eigenvalue weighted by atomic mass is 16.1. The van der Waals surface area contributed by atoms with Gasteiger partial charge in [-0.3, -0.25) is 9.59 Å². The van der Waals surface area contributed by atoms with E-state index in [0.29, 0.717) is 5.78 Å². The van der Waals surface area contributed by atoms with Gasteiger partial charge >= 0.3 is 0 Å². The van der Waals surface area contributed by atoms with Crippen LogP contribution in [0.3, 0.4) is 0 Å². The monoisotopic (exact) mass is 228 g/mol. The van der Waals surface area contributed by atoms with Crippen LogP contribution in [-0.2, 0) is 14.4 Å². The Labute approximate surface area is 98.6 Å². The topological polar surface area (TPSA) is 51.2 Å². The molecule has 0 saturated carbocycles. The van der Waals surface area contributed by atoms with Crippen molar-refractivity contribution in [1.29, 1.82) is 0 Å². The Morgan fingerprint density at radius 1 is 0.750 bits per heavy atom. The highest BCUT2D eigenvalue weighted by molar-refractivity contribution is 5.96. The van der Waals surface area contributed by atoms with Gasteiger partial charge in [-0.2, -0.15) is 0 Å². The van der Waals surface area contributed by atoms with Crippen LogP contribution < -0.4 is 0 Å². The summed E-state index contributed by atoms with van der Waals surface area (Å²) in [4.78, 5) is 30.5. The van der Waals surface area contributed by atoms with Crippen LogP contribution in [0.4, 0.5) is 0 Å². The molecule has 0 aliphatic heterocycles. The zero-order chi connectivity index (χ0) is 13.0. The second-order valence-electron chi connectivity index (χ2n) is 4.09. The first-order chi connectivity index (χ1) is 7.40. The number of carbonyl (C=O) groups excluding carboxylic acids is 3. The number of hydrogen-bond acceptors (Lipinski definition) is 3. The summed E-state index contributed by atoms with van der Waals surface area (Å²) in [5.74, 6) is 0.200. The number of unbranched alkanes of at least 4 members (excludes halogenated alkanes) is 3. The van der Waals surface area contributed by atoms with Crippen molar-refractivity contribution in [2.75, 3.05) is 0 Å². The van der Waals surface area contributed by atoms with Gasteiger partial charge in [0.2, 0.25) is 0 Å². The lowest BCUT2D eigenvalue weighted by Crippen LogP contribution is -1.97. The van der Waals surface area contributed by atoms with Crippen LogP contribution in [0.2, 0.25) is 0 Å². The maximum Gasteiger partial charge on any atom is 0.137 e. The van der Waals surface area contributed by atoms with Crippen LogP contribution in [0, 0.1) is 0 Å². The molecule has 3 nitrogen and oxygen atoms in total. The van der Waals surface area contributed by atoms with E-state index >= 15 is 0 Å². The van der Waals surface area contributed by atoms with Crippen molar-refractivity contribution >= 4 is 17.3 Å². The normalized spacial score (nSPS) is 9.00. The van der Waals surface area contributed by atoms with E-state index in [9.17, 15) is 14.4 Å². The third-order valence-electron chi connectivity index (χ3n) is 1.88. The third-order valence-corrected chi connectivity index (χ3v) is 1.88. The fourth-order valence-corrected chi connectivity index (χ4v) is 1.15. The van der Waals surface area contributed by atoms with Crippen LogP contribution in [0.15, 0.2) is 0 Å². The summed E-state index contributed by atoms with van der Waals surface area (Å²) in [6.45, 7) is 6.64. The van der Waals surface area contributed by atoms with Gasteiger partial charge < -0.3 is 4.79 Å². The second kappa shape index (κ2) is 12.1. The number of ketones is 3. The summed E-state index contributed by atoms with van der Waals surface area (Å²) in [6.07, 6.45) is 5.68. The van der Waals surface area contributed by atoms with E-state index in [1.807, 2.05) is 0 Å². The smallest absolute Gasteiger partial charge is 0.137 e. The Morgan fingerprint density at radius 2 is 1.25 bits per heavy atom. The molecule has 0 bridgehead atoms. The van der Waals surface area contributed by atoms with Gasteiger partial charge in [0.15, 0.2) is 0 Å². The third kappa shape index (κ3) is 23.1. The molecule has 0 rings (SSSR count). The van der Waals surface area contributed by atoms with Gasteiger partial charge in [-0.05, 0) is 27.2 Å². The minimum absolute atomic E-state index is 0.0625. The minimum atomic E-state index is -0.0625. The van der Waals surface area contributed by atoms with Gasteiger partial charge in [0.1, 0.15) is 17.3 Å². The maximum absolute atomic E-state index is 10.4. The molecule has 0 amide bonds. The molecule has 94 valence electrons. The first-order valence-corrected chi connectivity index (χ1v) is 5.88. The molecular weight excluding hydrogens is 204 g/mol. The second-order valence-corrected chi connectivity index (χ2v) is 4.09. The van der Waals surface area contributed by atoms with Gasteiger partial charge in [0.25, 0.3) is 0 Å². The SMILES string of the molecule is CC(=O)CC(C)=O.CCCCCCC(C)=O. The molecule has 0 unspecified atom stereocenters. The van der Waals surface area contributed by atoms with E-state index in [0.717, 1.165) is 12.8 Å². The van der Waals surface area contributed by atoms with Crippen molar-refractivity contribution in [1.82, 2.24) is 0 Å². The first kappa shape index (κ1) is 17.4. The van der Waals surface area contributed by atoms with Crippen molar-refractivity contribution in [2.45, 2.75) is 66.2 Å². The zero-order valence-corrected chi connectivity index (χ0v) is 11.0. The Kier molecular flexibility index (Phi) is 13.1. The van der Waals surface area contributed by atoms with E-state index < -0.39 is 0 Å². The van der Waals surface area contributed by atoms with Crippen LogP contribution in [0.25, 0.3) is 0 Å². The van der Waals surface area contributed by atoms with Gasteiger partial charge in [-0.1, -0.05) is 26.2 Å². The summed E-state index contributed by atoms with van der Waals surface area (Å²) < 4.78 is 0. The standard InChI is InChI=1S/C8H16O.C5H8O2/c1-3-4-5-6-7-8(2)9;1-4(6)3-5(2)7/h3-7H2,1-2H3;3H2,1-2H3. The Morgan fingerprint density at radius 3 is 1.50 bits per heavy atom. The molecule has 0 aromatic rings. The van der Waals surface area contributed by atoms with Crippen molar-refractivity contribution < 1.29 is 14.4 Å².